The molecule has 1 atom stereocenters. The van der Waals surface area contributed by atoms with Crippen LogP contribution in [0.5, 0.6) is 0 Å². The average molecular weight is 314 g/mol. The maximum absolute atomic E-state index is 11.9. The Morgan fingerprint density at radius 2 is 2.10 bits per heavy atom. The van der Waals surface area contributed by atoms with Gasteiger partial charge >= 0.3 is 5.97 Å². The van der Waals surface area contributed by atoms with Crippen molar-refractivity contribution >= 4 is 23.6 Å². The smallest absolute Gasteiger partial charge is 0.329 e. The second kappa shape index (κ2) is 7.49. The standard InChI is InChI=1S/C14H22N2O4S/c1-5-6-14(4,13(18)19)15-12(17)8-21-7-11-9(2)16-20-10(11)3/h5-8H2,1-4H3,(H,15,17)(H,18,19). The lowest BCUT2D eigenvalue weighted by molar-refractivity contribution is -0.146. The Labute approximate surface area is 128 Å². The highest BCUT2D eigenvalue weighted by molar-refractivity contribution is 7.99. The van der Waals surface area contributed by atoms with Crippen molar-refractivity contribution in [1.29, 1.82) is 0 Å². The van der Waals surface area contributed by atoms with Crippen LogP contribution in [0.1, 0.15) is 43.7 Å². The van der Waals surface area contributed by atoms with E-state index in [1.54, 1.807) is 0 Å². The van der Waals surface area contributed by atoms with E-state index in [0.717, 1.165) is 17.0 Å². The van der Waals surface area contributed by atoms with Gasteiger partial charge in [0.1, 0.15) is 11.3 Å². The number of carbonyl (C=O) groups excluding carboxylic acids is 1. The van der Waals surface area contributed by atoms with E-state index >= 15 is 0 Å². The molecule has 0 aliphatic heterocycles. The van der Waals surface area contributed by atoms with E-state index in [1.807, 2.05) is 20.8 Å². The van der Waals surface area contributed by atoms with Crippen LogP contribution in [-0.4, -0.2) is 33.4 Å². The van der Waals surface area contributed by atoms with Crippen LogP contribution in [0.2, 0.25) is 0 Å². The first kappa shape index (κ1) is 17.6. The van der Waals surface area contributed by atoms with E-state index < -0.39 is 11.5 Å². The van der Waals surface area contributed by atoms with E-state index in [4.69, 9.17) is 4.52 Å². The first-order valence-electron chi connectivity index (χ1n) is 6.84. The van der Waals surface area contributed by atoms with E-state index in [1.165, 1.54) is 18.7 Å². The molecule has 1 unspecified atom stereocenters. The van der Waals surface area contributed by atoms with E-state index in [9.17, 15) is 14.7 Å². The molecule has 1 heterocycles. The molecule has 6 nitrogen and oxygen atoms in total. The predicted molar refractivity (Wildman–Crippen MR) is 81.2 cm³/mol. The molecule has 1 aromatic heterocycles. The highest BCUT2D eigenvalue weighted by atomic mass is 32.2. The Morgan fingerprint density at radius 3 is 2.57 bits per heavy atom. The van der Waals surface area contributed by atoms with Gasteiger partial charge in [0.25, 0.3) is 0 Å². The first-order chi connectivity index (χ1) is 9.80. The number of aliphatic carboxylic acids is 1. The third-order valence-electron chi connectivity index (χ3n) is 3.30. The van der Waals surface area contributed by atoms with Crippen LogP contribution < -0.4 is 5.32 Å². The fraction of sp³-hybridized carbons (Fsp3) is 0.643. The van der Waals surface area contributed by atoms with Crippen molar-refractivity contribution in [1.82, 2.24) is 10.5 Å². The maximum Gasteiger partial charge on any atom is 0.329 e. The van der Waals surface area contributed by atoms with Gasteiger partial charge in [-0.25, -0.2) is 4.79 Å². The molecule has 0 bridgehead atoms. The second-order valence-electron chi connectivity index (χ2n) is 5.23. The molecule has 0 aliphatic carbocycles. The average Bonchev–Trinajstić information content (AvgIpc) is 2.70. The summed E-state index contributed by atoms with van der Waals surface area (Å²) in [5.74, 6) is 0.295. The fourth-order valence-corrected chi connectivity index (χ4v) is 3.00. The minimum atomic E-state index is -1.20. The molecule has 0 fully saturated rings. The molecule has 0 saturated carbocycles. The normalized spacial score (nSPS) is 13.7. The minimum absolute atomic E-state index is 0.205. The number of carboxylic acid groups (broad SMARTS) is 1. The first-order valence-corrected chi connectivity index (χ1v) is 7.99. The van der Waals surface area contributed by atoms with Crippen molar-refractivity contribution in [2.75, 3.05) is 5.75 Å². The Balaban J connectivity index is 2.49. The number of aromatic nitrogens is 1. The zero-order chi connectivity index (χ0) is 16.0. The highest BCUT2D eigenvalue weighted by Gasteiger charge is 2.33. The number of rotatable bonds is 8. The molecule has 0 aliphatic rings. The van der Waals surface area contributed by atoms with Gasteiger partial charge in [-0.15, -0.1) is 11.8 Å². The summed E-state index contributed by atoms with van der Waals surface area (Å²) in [7, 11) is 0. The lowest BCUT2D eigenvalue weighted by Gasteiger charge is -2.25. The van der Waals surface area contributed by atoms with Gasteiger partial charge < -0.3 is 14.9 Å². The van der Waals surface area contributed by atoms with E-state index in [-0.39, 0.29) is 11.7 Å². The molecule has 1 amide bonds. The molecule has 0 saturated heterocycles. The van der Waals surface area contributed by atoms with Crippen molar-refractivity contribution in [3.05, 3.63) is 17.0 Å². The van der Waals surface area contributed by atoms with Crippen molar-refractivity contribution in [2.45, 2.75) is 51.8 Å². The second-order valence-corrected chi connectivity index (χ2v) is 6.22. The summed E-state index contributed by atoms with van der Waals surface area (Å²) in [6.07, 6.45) is 1.10. The minimum Gasteiger partial charge on any atom is -0.480 e. The van der Waals surface area contributed by atoms with Crippen LogP contribution in [0.3, 0.4) is 0 Å². The van der Waals surface area contributed by atoms with Crippen molar-refractivity contribution in [3.8, 4) is 0 Å². The zero-order valence-electron chi connectivity index (χ0n) is 12.9. The SMILES string of the molecule is CCCC(C)(NC(=O)CSCc1c(C)noc1C)C(=O)O. The Hall–Kier alpha value is -1.50. The number of hydrogen-bond acceptors (Lipinski definition) is 5. The van der Waals surface area contributed by atoms with Gasteiger partial charge in [-0.3, -0.25) is 4.79 Å². The molecule has 118 valence electrons. The topological polar surface area (TPSA) is 92.4 Å². The summed E-state index contributed by atoms with van der Waals surface area (Å²) in [5, 5.41) is 15.7. The number of carbonyl (C=O) groups is 2. The van der Waals surface area contributed by atoms with Gasteiger partial charge in [0.05, 0.1) is 11.4 Å². The summed E-state index contributed by atoms with van der Waals surface area (Å²) in [5.41, 5.74) is 0.610. The van der Waals surface area contributed by atoms with Gasteiger partial charge in [0, 0.05) is 11.3 Å². The summed E-state index contributed by atoms with van der Waals surface area (Å²) in [4.78, 5) is 23.2. The van der Waals surface area contributed by atoms with Crippen molar-refractivity contribution < 1.29 is 19.2 Å². The van der Waals surface area contributed by atoms with E-state index in [0.29, 0.717) is 18.6 Å². The molecular formula is C14H22N2O4S. The van der Waals surface area contributed by atoms with Crippen LogP contribution in [0.25, 0.3) is 0 Å². The van der Waals surface area contributed by atoms with Gasteiger partial charge in [0.15, 0.2) is 0 Å². The Kier molecular flexibility index (Phi) is 6.26. The van der Waals surface area contributed by atoms with Gasteiger partial charge in [0.2, 0.25) is 5.91 Å². The zero-order valence-corrected chi connectivity index (χ0v) is 13.7. The molecule has 2 N–H and O–H groups in total. The highest BCUT2D eigenvalue weighted by Crippen LogP contribution is 2.20. The van der Waals surface area contributed by atoms with Gasteiger partial charge in [-0.1, -0.05) is 18.5 Å². The summed E-state index contributed by atoms with van der Waals surface area (Å²) in [6, 6.07) is 0. The maximum atomic E-state index is 11.9. The fourth-order valence-electron chi connectivity index (χ4n) is 2.02. The number of nitrogens with one attached hydrogen (secondary N) is 1. The lowest BCUT2D eigenvalue weighted by Crippen LogP contribution is -2.52. The molecule has 0 aromatic carbocycles. The number of thioether (sulfide) groups is 1. The van der Waals surface area contributed by atoms with Crippen LogP contribution >= 0.6 is 11.8 Å². The monoisotopic (exact) mass is 314 g/mol. The number of amides is 1. The number of hydrogen-bond donors (Lipinski definition) is 2. The predicted octanol–water partition coefficient (Wildman–Crippen LogP) is 2.28. The Morgan fingerprint density at radius 1 is 1.43 bits per heavy atom. The largest absolute Gasteiger partial charge is 0.480 e. The van der Waals surface area contributed by atoms with Crippen molar-refractivity contribution in [2.24, 2.45) is 0 Å². The van der Waals surface area contributed by atoms with Crippen molar-refractivity contribution in [3.63, 3.8) is 0 Å². The van der Waals surface area contributed by atoms with E-state index in [2.05, 4.69) is 10.5 Å². The molecule has 21 heavy (non-hydrogen) atoms. The molecule has 7 heteroatoms. The number of carboxylic acids is 1. The molecule has 0 spiro atoms. The molecule has 1 rings (SSSR count). The number of nitrogens with zero attached hydrogens (tertiary/aromatic N) is 1. The third kappa shape index (κ3) is 4.77. The van der Waals surface area contributed by atoms with Crippen LogP contribution in [0.15, 0.2) is 4.52 Å². The molecule has 0 radical (unpaired) electrons. The lowest BCUT2D eigenvalue weighted by atomic mass is 9.96. The molecule has 1 aromatic rings. The third-order valence-corrected chi connectivity index (χ3v) is 4.26. The molecular weight excluding hydrogens is 292 g/mol. The van der Waals surface area contributed by atoms with Gasteiger partial charge in [-0.2, -0.15) is 0 Å². The summed E-state index contributed by atoms with van der Waals surface area (Å²) < 4.78 is 5.06. The number of aryl methyl sites for hydroxylation is 2. The Bertz CT molecular complexity index is 496. The van der Waals surface area contributed by atoms with Crippen LogP contribution in [0, 0.1) is 13.8 Å². The van der Waals surface area contributed by atoms with Crippen LogP contribution in [-0.2, 0) is 15.3 Å². The summed E-state index contributed by atoms with van der Waals surface area (Å²) >= 11 is 1.41. The van der Waals surface area contributed by atoms with Crippen LogP contribution in [0.4, 0.5) is 0 Å². The summed E-state index contributed by atoms with van der Waals surface area (Å²) in [6.45, 7) is 7.11. The quantitative estimate of drug-likeness (QED) is 0.765. The van der Waals surface area contributed by atoms with Gasteiger partial charge in [-0.05, 0) is 27.2 Å².